The van der Waals surface area contributed by atoms with Crippen LogP contribution in [0.3, 0.4) is 0 Å². The number of aromatic amines is 1. The lowest BCUT2D eigenvalue weighted by Gasteiger charge is -2.40. The van der Waals surface area contributed by atoms with Gasteiger partial charge in [0.15, 0.2) is 0 Å². The van der Waals surface area contributed by atoms with Crippen molar-refractivity contribution in [1.29, 1.82) is 0 Å². The van der Waals surface area contributed by atoms with E-state index in [0.29, 0.717) is 18.0 Å². The highest BCUT2D eigenvalue weighted by molar-refractivity contribution is 6.00. The van der Waals surface area contributed by atoms with E-state index in [-0.39, 0.29) is 16.9 Å². The Bertz CT molecular complexity index is 1200. The van der Waals surface area contributed by atoms with Crippen molar-refractivity contribution in [3.05, 3.63) is 51.6 Å². The van der Waals surface area contributed by atoms with Crippen LogP contribution in [0.1, 0.15) is 65.5 Å². The Labute approximate surface area is 167 Å². The second-order valence-corrected chi connectivity index (χ2v) is 8.90. The first kappa shape index (κ1) is 17.0. The molecule has 3 aromatic rings. The van der Waals surface area contributed by atoms with Gasteiger partial charge in [-0.1, -0.05) is 0 Å². The molecule has 8 nitrogen and oxygen atoms in total. The SMILES string of the molecule is Cn1ccn2ncc(C(=O)N3CCCC4(CCc5c4nc(C4CC4)[nH]c5=O)C3)c12. The molecule has 1 N–H and O–H groups in total. The molecule has 29 heavy (non-hydrogen) atoms. The van der Waals surface area contributed by atoms with Gasteiger partial charge in [0, 0.05) is 49.4 Å². The van der Waals surface area contributed by atoms with Crippen molar-refractivity contribution >= 4 is 11.6 Å². The number of piperidine rings is 1. The van der Waals surface area contributed by atoms with Gasteiger partial charge in [-0.2, -0.15) is 5.10 Å². The molecule has 3 aliphatic rings. The molecule has 0 aromatic carbocycles. The first-order valence-electron chi connectivity index (χ1n) is 10.5. The van der Waals surface area contributed by atoms with E-state index in [9.17, 15) is 9.59 Å². The minimum Gasteiger partial charge on any atom is -0.338 e. The van der Waals surface area contributed by atoms with Crippen LogP contribution in [-0.4, -0.2) is 48.0 Å². The Hall–Kier alpha value is -2.90. The van der Waals surface area contributed by atoms with E-state index in [1.165, 1.54) is 0 Å². The van der Waals surface area contributed by atoms with E-state index < -0.39 is 0 Å². The molecule has 2 fully saturated rings. The summed E-state index contributed by atoms with van der Waals surface area (Å²) < 4.78 is 3.66. The zero-order valence-electron chi connectivity index (χ0n) is 16.5. The van der Waals surface area contributed by atoms with Crippen LogP contribution in [0, 0.1) is 0 Å². The average molecular weight is 392 g/mol. The maximum atomic E-state index is 13.4. The molecule has 8 heteroatoms. The number of imidazole rings is 1. The lowest BCUT2D eigenvalue weighted by molar-refractivity contribution is 0.0634. The van der Waals surface area contributed by atoms with Gasteiger partial charge in [-0.3, -0.25) is 9.59 Å². The lowest BCUT2D eigenvalue weighted by atomic mass is 9.77. The van der Waals surface area contributed by atoms with E-state index in [1.807, 2.05) is 28.9 Å². The monoisotopic (exact) mass is 392 g/mol. The number of hydrogen-bond donors (Lipinski definition) is 1. The summed E-state index contributed by atoms with van der Waals surface area (Å²) in [6.45, 7) is 1.36. The van der Waals surface area contributed by atoms with Gasteiger partial charge in [-0.15, -0.1) is 0 Å². The predicted octanol–water partition coefficient (Wildman–Crippen LogP) is 1.75. The second kappa shape index (κ2) is 5.81. The molecule has 0 bridgehead atoms. The summed E-state index contributed by atoms with van der Waals surface area (Å²) in [5, 5.41) is 4.32. The highest BCUT2D eigenvalue weighted by Crippen LogP contribution is 2.45. The van der Waals surface area contributed by atoms with Crippen molar-refractivity contribution in [2.75, 3.05) is 13.1 Å². The van der Waals surface area contributed by atoms with Crippen LogP contribution in [0.2, 0.25) is 0 Å². The van der Waals surface area contributed by atoms with Gasteiger partial charge in [-0.25, -0.2) is 9.50 Å². The Morgan fingerprint density at radius 3 is 2.97 bits per heavy atom. The van der Waals surface area contributed by atoms with E-state index >= 15 is 0 Å². The molecule has 1 spiro atoms. The number of aryl methyl sites for hydroxylation is 1. The van der Waals surface area contributed by atoms with Gasteiger partial charge in [0.1, 0.15) is 17.0 Å². The normalized spacial score (nSPS) is 23.8. The van der Waals surface area contributed by atoms with Crippen molar-refractivity contribution in [3.8, 4) is 0 Å². The van der Waals surface area contributed by atoms with Gasteiger partial charge in [0.2, 0.25) is 0 Å². The van der Waals surface area contributed by atoms with Crippen LogP contribution in [0.5, 0.6) is 0 Å². The molecule has 150 valence electrons. The molecule has 0 radical (unpaired) electrons. The van der Waals surface area contributed by atoms with Gasteiger partial charge in [0.05, 0.1) is 11.9 Å². The Kier molecular flexibility index (Phi) is 3.40. The van der Waals surface area contributed by atoms with Crippen molar-refractivity contribution in [2.24, 2.45) is 7.05 Å². The van der Waals surface area contributed by atoms with E-state index in [0.717, 1.165) is 67.8 Å². The minimum atomic E-state index is -0.193. The standard InChI is InChI=1S/C21H24N6O2/c1-25-9-10-27-19(25)15(11-22-27)20(29)26-8-2-6-21(12-26)7-5-14-16(21)23-17(13-3-4-13)24-18(14)28/h9-11,13H,2-8,12H2,1H3,(H,23,24,28). The highest BCUT2D eigenvalue weighted by atomic mass is 16.2. The molecule has 4 heterocycles. The summed E-state index contributed by atoms with van der Waals surface area (Å²) in [5.74, 6) is 1.27. The Balaban J connectivity index is 1.37. The van der Waals surface area contributed by atoms with Crippen molar-refractivity contribution < 1.29 is 4.79 Å². The fraction of sp³-hybridized carbons (Fsp3) is 0.524. The maximum absolute atomic E-state index is 13.4. The number of amides is 1. The molecule has 2 aliphatic carbocycles. The summed E-state index contributed by atoms with van der Waals surface area (Å²) in [7, 11) is 1.92. The molecule has 1 unspecified atom stereocenters. The third-order valence-electron chi connectivity index (χ3n) is 6.98. The summed E-state index contributed by atoms with van der Waals surface area (Å²) in [6, 6.07) is 0. The Morgan fingerprint density at radius 2 is 2.14 bits per heavy atom. The Morgan fingerprint density at radius 1 is 1.28 bits per heavy atom. The lowest BCUT2D eigenvalue weighted by Crippen LogP contribution is -2.48. The number of hydrogen-bond acceptors (Lipinski definition) is 4. The van der Waals surface area contributed by atoms with Crippen LogP contribution in [0.25, 0.3) is 5.65 Å². The van der Waals surface area contributed by atoms with Crippen molar-refractivity contribution in [3.63, 3.8) is 0 Å². The molecule has 1 saturated heterocycles. The number of nitrogens with zero attached hydrogens (tertiary/aromatic N) is 5. The molecule has 1 atom stereocenters. The summed E-state index contributed by atoms with van der Waals surface area (Å²) in [6.07, 6.45) is 11.2. The van der Waals surface area contributed by atoms with Gasteiger partial charge in [0.25, 0.3) is 11.5 Å². The number of likely N-dealkylation sites (tertiary alicyclic amines) is 1. The van der Waals surface area contributed by atoms with Gasteiger partial charge >= 0.3 is 0 Å². The molecule has 1 aliphatic heterocycles. The van der Waals surface area contributed by atoms with Crippen LogP contribution in [0.4, 0.5) is 0 Å². The van der Waals surface area contributed by atoms with Gasteiger partial charge in [-0.05, 0) is 38.5 Å². The third kappa shape index (κ3) is 2.44. The van der Waals surface area contributed by atoms with Crippen molar-refractivity contribution in [2.45, 2.75) is 49.9 Å². The first-order chi connectivity index (χ1) is 14.1. The van der Waals surface area contributed by atoms with Crippen LogP contribution >= 0.6 is 0 Å². The minimum absolute atomic E-state index is 0.0154. The number of carbonyl (C=O) groups excluding carboxylic acids is 1. The molecule has 1 saturated carbocycles. The van der Waals surface area contributed by atoms with Crippen LogP contribution < -0.4 is 5.56 Å². The number of fused-ring (bicyclic) bond motifs is 3. The summed E-state index contributed by atoms with van der Waals surface area (Å²) >= 11 is 0. The zero-order chi connectivity index (χ0) is 19.8. The fourth-order valence-corrected chi connectivity index (χ4v) is 5.29. The van der Waals surface area contributed by atoms with Gasteiger partial charge < -0.3 is 14.5 Å². The van der Waals surface area contributed by atoms with E-state index in [2.05, 4.69) is 10.1 Å². The molecular weight excluding hydrogens is 368 g/mol. The molecular formula is C21H24N6O2. The summed E-state index contributed by atoms with van der Waals surface area (Å²) in [4.78, 5) is 36.0. The first-order valence-corrected chi connectivity index (χ1v) is 10.5. The summed E-state index contributed by atoms with van der Waals surface area (Å²) in [5.41, 5.74) is 3.07. The number of H-pyrrole nitrogens is 1. The number of aromatic nitrogens is 5. The van der Waals surface area contributed by atoms with E-state index in [4.69, 9.17) is 4.98 Å². The molecule has 6 rings (SSSR count). The fourth-order valence-electron chi connectivity index (χ4n) is 5.29. The van der Waals surface area contributed by atoms with Crippen LogP contribution in [0.15, 0.2) is 23.4 Å². The number of nitrogens with one attached hydrogen (secondary N) is 1. The highest BCUT2D eigenvalue weighted by Gasteiger charge is 2.46. The largest absolute Gasteiger partial charge is 0.338 e. The molecule has 1 amide bonds. The molecule has 3 aromatic heterocycles. The topological polar surface area (TPSA) is 88.3 Å². The third-order valence-corrected chi connectivity index (χ3v) is 6.98. The van der Waals surface area contributed by atoms with Crippen molar-refractivity contribution in [1.82, 2.24) is 29.0 Å². The quantitative estimate of drug-likeness (QED) is 0.720. The maximum Gasteiger partial charge on any atom is 0.259 e. The second-order valence-electron chi connectivity index (χ2n) is 8.90. The smallest absolute Gasteiger partial charge is 0.259 e. The number of carbonyl (C=O) groups is 1. The van der Waals surface area contributed by atoms with E-state index in [1.54, 1.807) is 10.7 Å². The van der Waals surface area contributed by atoms with Crippen LogP contribution in [-0.2, 0) is 18.9 Å². The zero-order valence-corrected chi connectivity index (χ0v) is 16.5. The number of rotatable bonds is 2. The predicted molar refractivity (Wildman–Crippen MR) is 106 cm³/mol. The average Bonchev–Trinajstić information content (AvgIpc) is 3.26.